The molecule has 2 rings (SSSR count). The number of anilines is 1. The Bertz CT molecular complexity index is 595. The Labute approximate surface area is 115 Å². The predicted molar refractivity (Wildman–Crippen MR) is 74.4 cm³/mol. The van der Waals surface area contributed by atoms with Gasteiger partial charge in [0.05, 0.1) is 19.9 Å². The number of hydrogen-bond acceptors (Lipinski definition) is 5. The molecule has 1 amide bonds. The van der Waals surface area contributed by atoms with Crippen molar-refractivity contribution in [2.75, 3.05) is 19.5 Å². The molecule has 1 heterocycles. The molecule has 100 valence electrons. The van der Waals surface area contributed by atoms with E-state index < -0.39 is 0 Å². The first-order chi connectivity index (χ1) is 9.13. The molecule has 0 saturated carbocycles. The van der Waals surface area contributed by atoms with Crippen molar-refractivity contribution in [1.82, 2.24) is 4.37 Å². The molecule has 0 atom stereocenters. The normalized spacial score (nSPS) is 10.1. The first kappa shape index (κ1) is 13.4. The zero-order valence-electron chi connectivity index (χ0n) is 10.9. The van der Waals surface area contributed by atoms with Crippen molar-refractivity contribution < 1.29 is 14.3 Å². The van der Waals surface area contributed by atoms with Crippen LogP contribution in [0.15, 0.2) is 24.3 Å². The van der Waals surface area contributed by atoms with Crippen LogP contribution in [0.4, 0.5) is 5.69 Å². The molecule has 0 unspecified atom stereocenters. The topological polar surface area (TPSA) is 60.5 Å². The number of ether oxygens (including phenoxy) is 2. The maximum atomic E-state index is 12.0. The van der Waals surface area contributed by atoms with Crippen LogP contribution >= 0.6 is 11.5 Å². The van der Waals surface area contributed by atoms with Gasteiger partial charge in [-0.05, 0) is 36.7 Å². The van der Waals surface area contributed by atoms with E-state index in [0.29, 0.717) is 22.9 Å². The molecule has 0 spiro atoms. The maximum absolute atomic E-state index is 12.0. The van der Waals surface area contributed by atoms with E-state index in [4.69, 9.17) is 9.47 Å². The number of methoxy groups -OCH3 is 2. The third kappa shape index (κ3) is 3.03. The number of benzene rings is 1. The van der Waals surface area contributed by atoms with Crippen LogP contribution in [-0.4, -0.2) is 24.5 Å². The Kier molecular flexibility index (Phi) is 4.01. The van der Waals surface area contributed by atoms with Gasteiger partial charge >= 0.3 is 0 Å². The Morgan fingerprint density at radius 3 is 2.63 bits per heavy atom. The smallest absolute Gasteiger partial charge is 0.275 e. The minimum Gasteiger partial charge on any atom is -0.497 e. The summed E-state index contributed by atoms with van der Waals surface area (Å²) in [6, 6.07) is 6.95. The quantitative estimate of drug-likeness (QED) is 0.934. The van der Waals surface area contributed by atoms with E-state index in [9.17, 15) is 4.79 Å². The van der Waals surface area contributed by atoms with E-state index in [1.807, 2.05) is 6.92 Å². The standard InChI is InChI=1S/C13H14N2O3S/c1-8-6-11(15-19-8)13(16)14-10-7-9(17-2)4-5-12(10)18-3/h4-7H,1-3H3,(H,14,16). The molecule has 0 aliphatic heterocycles. The van der Waals surface area contributed by atoms with E-state index in [-0.39, 0.29) is 5.91 Å². The molecule has 0 radical (unpaired) electrons. The zero-order valence-corrected chi connectivity index (χ0v) is 11.7. The second-order valence-corrected chi connectivity index (χ2v) is 4.85. The second-order valence-electron chi connectivity index (χ2n) is 3.84. The maximum Gasteiger partial charge on any atom is 0.275 e. The Morgan fingerprint density at radius 1 is 1.26 bits per heavy atom. The summed E-state index contributed by atoms with van der Waals surface area (Å²) in [5.74, 6) is 0.947. The molecule has 0 saturated heterocycles. The van der Waals surface area contributed by atoms with Gasteiger partial charge in [0.15, 0.2) is 0 Å². The van der Waals surface area contributed by atoms with Crippen molar-refractivity contribution in [2.24, 2.45) is 0 Å². The fraction of sp³-hybridized carbons (Fsp3) is 0.231. The molecule has 19 heavy (non-hydrogen) atoms. The average Bonchev–Trinajstić information content (AvgIpc) is 2.85. The van der Waals surface area contributed by atoms with Crippen LogP contribution in [0.2, 0.25) is 0 Å². The zero-order chi connectivity index (χ0) is 13.8. The number of amides is 1. The fourth-order valence-corrected chi connectivity index (χ4v) is 2.11. The van der Waals surface area contributed by atoms with Gasteiger partial charge in [-0.3, -0.25) is 4.79 Å². The largest absolute Gasteiger partial charge is 0.497 e. The van der Waals surface area contributed by atoms with Crippen LogP contribution in [0, 0.1) is 6.92 Å². The number of rotatable bonds is 4. The summed E-state index contributed by atoms with van der Waals surface area (Å²) >= 11 is 1.29. The lowest BCUT2D eigenvalue weighted by Gasteiger charge is -2.10. The Balaban J connectivity index is 2.24. The molecule has 0 fully saturated rings. The van der Waals surface area contributed by atoms with Gasteiger partial charge in [-0.25, -0.2) is 0 Å². The lowest BCUT2D eigenvalue weighted by Crippen LogP contribution is -2.13. The van der Waals surface area contributed by atoms with Crippen LogP contribution in [0.3, 0.4) is 0 Å². The van der Waals surface area contributed by atoms with Gasteiger partial charge in [0, 0.05) is 10.9 Å². The molecule has 1 aromatic heterocycles. The molecule has 6 heteroatoms. The van der Waals surface area contributed by atoms with Crippen molar-refractivity contribution in [3.8, 4) is 11.5 Å². The highest BCUT2D eigenvalue weighted by Crippen LogP contribution is 2.29. The van der Waals surface area contributed by atoms with Gasteiger partial charge in [-0.2, -0.15) is 4.37 Å². The van der Waals surface area contributed by atoms with Crippen molar-refractivity contribution in [3.05, 3.63) is 34.8 Å². The van der Waals surface area contributed by atoms with Crippen molar-refractivity contribution in [1.29, 1.82) is 0 Å². The summed E-state index contributed by atoms with van der Waals surface area (Å²) in [5, 5.41) is 2.77. The number of aromatic nitrogens is 1. The summed E-state index contributed by atoms with van der Waals surface area (Å²) in [4.78, 5) is 13.0. The second kappa shape index (κ2) is 5.71. The van der Waals surface area contributed by atoms with Crippen LogP contribution in [0.1, 0.15) is 15.4 Å². The monoisotopic (exact) mass is 278 g/mol. The Morgan fingerprint density at radius 2 is 2.05 bits per heavy atom. The van der Waals surface area contributed by atoms with E-state index in [0.717, 1.165) is 4.88 Å². The highest BCUT2D eigenvalue weighted by atomic mass is 32.1. The number of aryl methyl sites for hydroxylation is 1. The minimum absolute atomic E-state index is 0.268. The predicted octanol–water partition coefficient (Wildman–Crippen LogP) is 2.72. The fourth-order valence-electron chi connectivity index (χ4n) is 1.57. The van der Waals surface area contributed by atoms with Gasteiger partial charge in [0.1, 0.15) is 17.2 Å². The first-order valence-corrected chi connectivity index (χ1v) is 6.38. The molecule has 1 N–H and O–H groups in total. The van der Waals surface area contributed by atoms with Gasteiger partial charge in [0.2, 0.25) is 0 Å². The van der Waals surface area contributed by atoms with Crippen LogP contribution in [-0.2, 0) is 0 Å². The number of nitrogens with zero attached hydrogens (tertiary/aromatic N) is 1. The summed E-state index contributed by atoms with van der Waals surface area (Å²) in [5.41, 5.74) is 0.949. The van der Waals surface area contributed by atoms with Gasteiger partial charge < -0.3 is 14.8 Å². The molecular weight excluding hydrogens is 264 g/mol. The van der Waals surface area contributed by atoms with Gasteiger partial charge in [-0.1, -0.05) is 0 Å². The van der Waals surface area contributed by atoms with E-state index in [2.05, 4.69) is 9.69 Å². The molecule has 1 aromatic carbocycles. The van der Waals surface area contributed by atoms with Crippen molar-refractivity contribution >= 4 is 23.1 Å². The molecule has 0 aliphatic carbocycles. The number of carbonyl (C=O) groups excluding carboxylic acids is 1. The summed E-state index contributed by atoms with van der Waals surface area (Å²) in [6.45, 7) is 1.90. The number of nitrogens with one attached hydrogen (secondary N) is 1. The summed E-state index contributed by atoms with van der Waals surface area (Å²) < 4.78 is 14.4. The molecular formula is C13H14N2O3S. The average molecular weight is 278 g/mol. The summed E-state index contributed by atoms with van der Waals surface area (Å²) in [6.07, 6.45) is 0. The van der Waals surface area contributed by atoms with Crippen molar-refractivity contribution in [2.45, 2.75) is 6.92 Å². The third-order valence-corrected chi connectivity index (χ3v) is 3.21. The molecule has 0 aliphatic rings. The lowest BCUT2D eigenvalue weighted by molar-refractivity contribution is 0.102. The SMILES string of the molecule is COc1ccc(OC)c(NC(=O)c2cc(C)sn2)c1. The molecule has 0 bridgehead atoms. The molecule has 2 aromatic rings. The van der Waals surface area contributed by atoms with Crippen molar-refractivity contribution in [3.63, 3.8) is 0 Å². The van der Waals surface area contributed by atoms with Crippen LogP contribution in [0.25, 0.3) is 0 Å². The Hall–Kier alpha value is -2.08. The minimum atomic E-state index is -0.268. The highest BCUT2D eigenvalue weighted by molar-refractivity contribution is 7.05. The van der Waals surface area contributed by atoms with Crippen LogP contribution in [0.5, 0.6) is 11.5 Å². The lowest BCUT2D eigenvalue weighted by atomic mass is 10.2. The van der Waals surface area contributed by atoms with E-state index in [1.165, 1.54) is 11.5 Å². The number of carbonyl (C=O) groups is 1. The highest BCUT2D eigenvalue weighted by Gasteiger charge is 2.13. The first-order valence-electron chi connectivity index (χ1n) is 5.60. The van der Waals surface area contributed by atoms with E-state index in [1.54, 1.807) is 38.5 Å². The molecule has 5 nitrogen and oxygen atoms in total. The van der Waals surface area contributed by atoms with Gasteiger partial charge in [-0.15, -0.1) is 0 Å². The van der Waals surface area contributed by atoms with Crippen LogP contribution < -0.4 is 14.8 Å². The number of hydrogen-bond donors (Lipinski definition) is 1. The third-order valence-electron chi connectivity index (χ3n) is 2.52. The summed E-state index contributed by atoms with van der Waals surface area (Å²) in [7, 11) is 3.11. The van der Waals surface area contributed by atoms with E-state index >= 15 is 0 Å². The van der Waals surface area contributed by atoms with Gasteiger partial charge in [0.25, 0.3) is 5.91 Å².